The van der Waals surface area contributed by atoms with Crippen LogP contribution in [0.3, 0.4) is 0 Å². The van der Waals surface area contributed by atoms with Gasteiger partial charge in [-0.05, 0) is 77.8 Å². The van der Waals surface area contributed by atoms with Gasteiger partial charge in [0.15, 0.2) is 0 Å². The van der Waals surface area contributed by atoms with E-state index in [1.165, 1.54) is 23.9 Å². The molecule has 0 saturated carbocycles. The summed E-state index contributed by atoms with van der Waals surface area (Å²) in [6.45, 7) is 3.82. The van der Waals surface area contributed by atoms with E-state index in [9.17, 15) is 0 Å². The number of ether oxygens (including phenoxy) is 1. The minimum Gasteiger partial charge on any atom is -0.493 e. The lowest BCUT2D eigenvalue weighted by Gasteiger charge is -2.36. The van der Waals surface area contributed by atoms with Crippen LogP contribution in [0.1, 0.15) is 19.3 Å². The van der Waals surface area contributed by atoms with Crippen molar-refractivity contribution in [2.75, 3.05) is 59.3 Å². The molecule has 7 nitrogen and oxygen atoms in total. The number of benzene rings is 2. The zero-order chi connectivity index (χ0) is 24.4. The SMILES string of the molecule is CN(C)CCCOc1ccc2c(c1)ncn2-c1ccc2cccc(N3CCC(N(C)C)CC3)c2n1. The van der Waals surface area contributed by atoms with Gasteiger partial charge in [-0.3, -0.25) is 4.57 Å². The molecule has 1 aliphatic rings. The van der Waals surface area contributed by atoms with Crippen LogP contribution in [0.2, 0.25) is 0 Å². The fourth-order valence-electron chi connectivity index (χ4n) is 4.97. The molecule has 0 unspecified atom stereocenters. The fraction of sp³-hybridized carbons (Fsp3) is 0.429. The molecule has 5 rings (SSSR count). The summed E-state index contributed by atoms with van der Waals surface area (Å²) in [5, 5.41) is 1.17. The average Bonchev–Trinajstić information content (AvgIpc) is 3.29. The lowest BCUT2D eigenvalue weighted by atomic mass is 10.0. The summed E-state index contributed by atoms with van der Waals surface area (Å²) in [4.78, 5) is 16.8. The number of imidazole rings is 1. The molecule has 0 atom stereocenters. The molecule has 7 heteroatoms. The van der Waals surface area contributed by atoms with Crippen molar-refractivity contribution in [1.82, 2.24) is 24.3 Å². The predicted octanol–water partition coefficient (Wildman–Crippen LogP) is 4.43. The molecule has 1 fully saturated rings. The first-order chi connectivity index (χ1) is 17.0. The normalized spacial score (nSPS) is 15.1. The molecule has 0 radical (unpaired) electrons. The summed E-state index contributed by atoms with van der Waals surface area (Å²) in [5.74, 6) is 1.74. The number of piperidine rings is 1. The third kappa shape index (κ3) is 5.11. The average molecular weight is 473 g/mol. The highest BCUT2D eigenvalue weighted by molar-refractivity contribution is 5.92. The Balaban J connectivity index is 1.40. The molecule has 2 aromatic heterocycles. The van der Waals surface area contributed by atoms with E-state index >= 15 is 0 Å². The Hall–Kier alpha value is -3.16. The van der Waals surface area contributed by atoms with Crippen molar-refractivity contribution >= 4 is 27.6 Å². The van der Waals surface area contributed by atoms with Crippen LogP contribution in [-0.4, -0.2) is 84.8 Å². The number of aromatic nitrogens is 3. The van der Waals surface area contributed by atoms with Crippen LogP contribution in [0.25, 0.3) is 27.8 Å². The van der Waals surface area contributed by atoms with E-state index in [-0.39, 0.29) is 0 Å². The lowest BCUT2D eigenvalue weighted by molar-refractivity contribution is 0.250. The van der Waals surface area contributed by atoms with Gasteiger partial charge >= 0.3 is 0 Å². The highest BCUT2D eigenvalue weighted by Gasteiger charge is 2.22. The first-order valence-corrected chi connectivity index (χ1v) is 12.6. The molecule has 1 aliphatic heterocycles. The van der Waals surface area contributed by atoms with Crippen LogP contribution >= 0.6 is 0 Å². The van der Waals surface area contributed by atoms with E-state index in [0.717, 1.165) is 54.2 Å². The van der Waals surface area contributed by atoms with Crippen LogP contribution in [0.15, 0.2) is 54.9 Å². The number of nitrogens with zero attached hydrogens (tertiary/aromatic N) is 6. The van der Waals surface area contributed by atoms with Crippen molar-refractivity contribution in [3.05, 3.63) is 54.9 Å². The maximum Gasteiger partial charge on any atom is 0.139 e. The van der Waals surface area contributed by atoms with Gasteiger partial charge in [0.1, 0.15) is 17.9 Å². The molecule has 2 aromatic carbocycles. The van der Waals surface area contributed by atoms with E-state index in [1.807, 2.05) is 18.5 Å². The van der Waals surface area contributed by atoms with Gasteiger partial charge in [0.2, 0.25) is 0 Å². The zero-order valence-electron chi connectivity index (χ0n) is 21.3. The van der Waals surface area contributed by atoms with Crippen LogP contribution in [0, 0.1) is 0 Å². The maximum atomic E-state index is 5.94. The Labute approximate surface area is 207 Å². The van der Waals surface area contributed by atoms with Gasteiger partial charge in [0, 0.05) is 37.1 Å². The van der Waals surface area contributed by atoms with Crippen LogP contribution in [0.5, 0.6) is 5.75 Å². The van der Waals surface area contributed by atoms with Crippen molar-refractivity contribution < 1.29 is 4.74 Å². The summed E-state index contributed by atoms with van der Waals surface area (Å²) < 4.78 is 8.01. The van der Waals surface area contributed by atoms with Gasteiger partial charge in [-0.15, -0.1) is 0 Å². The molecule has 184 valence electrons. The largest absolute Gasteiger partial charge is 0.493 e. The van der Waals surface area contributed by atoms with Crippen molar-refractivity contribution in [1.29, 1.82) is 0 Å². The van der Waals surface area contributed by atoms with Gasteiger partial charge in [0.05, 0.1) is 28.8 Å². The molecule has 0 spiro atoms. The molecular weight excluding hydrogens is 436 g/mol. The molecule has 3 heterocycles. The molecule has 35 heavy (non-hydrogen) atoms. The van der Waals surface area contributed by atoms with Crippen LogP contribution in [-0.2, 0) is 0 Å². The maximum absolute atomic E-state index is 5.94. The van der Waals surface area contributed by atoms with Crippen molar-refractivity contribution in [2.45, 2.75) is 25.3 Å². The standard InChI is InChI=1S/C28H36N6O/c1-31(2)15-6-18-35-23-10-11-25-24(19-23)29-20-34(25)27-12-9-21-7-5-8-26(28(21)30-27)33-16-13-22(14-17-33)32(3)4/h5,7-12,19-20,22H,6,13-18H2,1-4H3. The fourth-order valence-corrected chi connectivity index (χ4v) is 4.97. The van der Waals surface area contributed by atoms with Crippen LogP contribution < -0.4 is 9.64 Å². The quantitative estimate of drug-likeness (QED) is 0.354. The Morgan fingerprint density at radius 2 is 1.83 bits per heavy atom. The van der Waals surface area contributed by atoms with Crippen molar-refractivity contribution in [3.63, 3.8) is 0 Å². The highest BCUT2D eigenvalue weighted by Crippen LogP contribution is 2.30. The summed E-state index contributed by atoms with van der Waals surface area (Å²) >= 11 is 0. The Kier molecular flexibility index (Phi) is 6.88. The zero-order valence-corrected chi connectivity index (χ0v) is 21.3. The molecule has 0 amide bonds. The number of para-hydroxylation sites is 1. The summed E-state index contributed by atoms with van der Waals surface area (Å²) in [7, 11) is 8.52. The second-order valence-electron chi connectivity index (χ2n) is 9.97. The molecule has 0 N–H and O–H groups in total. The topological polar surface area (TPSA) is 49.7 Å². The van der Waals surface area contributed by atoms with E-state index in [4.69, 9.17) is 9.72 Å². The molecule has 1 saturated heterocycles. The summed E-state index contributed by atoms with van der Waals surface area (Å²) in [6, 6.07) is 17.5. The third-order valence-corrected chi connectivity index (χ3v) is 7.00. The Morgan fingerprint density at radius 1 is 1.00 bits per heavy atom. The second-order valence-corrected chi connectivity index (χ2v) is 9.97. The van der Waals surface area contributed by atoms with E-state index in [1.54, 1.807) is 0 Å². The minimum atomic E-state index is 0.656. The molecule has 0 aliphatic carbocycles. The second kappa shape index (κ2) is 10.2. The summed E-state index contributed by atoms with van der Waals surface area (Å²) in [5.41, 5.74) is 4.22. The van der Waals surface area contributed by atoms with Gasteiger partial charge in [-0.25, -0.2) is 9.97 Å². The van der Waals surface area contributed by atoms with E-state index < -0.39 is 0 Å². The number of fused-ring (bicyclic) bond motifs is 2. The van der Waals surface area contributed by atoms with Crippen molar-refractivity contribution in [2.24, 2.45) is 0 Å². The van der Waals surface area contributed by atoms with Crippen molar-refractivity contribution in [3.8, 4) is 11.6 Å². The highest BCUT2D eigenvalue weighted by atomic mass is 16.5. The summed E-state index contributed by atoms with van der Waals surface area (Å²) in [6.07, 6.45) is 5.21. The number of anilines is 1. The first-order valence-electron chi connectivity index (χ1n) is 12.6. The van der Waals surface area contributed by atoms with Crippen LogP contribution in [0.4, 0.5) is 5.69 Å². The molecule has 0 bridgehead atoms. The smallest absolute Gasteiger partial charge is 0.139 e. The third-order valence-electron chi connectivity index (χ3n) is 7.00. The predicted molar refractivity (Wildman–Crippen MR) is 144 cm³/mol. The van der Waals surface area contributed by atoms with Gasteiger partial charge in [0.25, 0.3) is 0 Å². The lowest BCUT2D eigenvalue weighted by Crippen LogP contribution is -2.42. The number of pyridine rings is 1. The van der Waals surface area contributed by atoms with Gasteiger partial charge in [-0.2, -0.15) is 0 Å². The Bertz CT molecular complexity index is 1290. The molecular formula is C28H36N6O. The molecule has 4 aromatic rings. The van der Waals surface area contributed by atoms with E-state index in [0.29, 0.717) is 12.6 Å². The number of hydrogen-bond donors (Lipinski definition) is 0. The number of hydrogen-bond acceptors (Lipinski definition) is 6. The van der Waals surface area contributed by atoms with E-state index in [2.05, 4.69) is 88.8 Å². The minimum absolute atomic E-state index is 0.656. The monoisotopic (exact) mass is 472 g/mol. The van der Waals surface area contributed by atoms with Gasteiger partial charge < -0.3 is 19.4 Å². The first kappa shape index (κ1) is 23.6. The van der Waals surface area contributed by atoms with Gasteiger partial charge in [-0.1, -0.05) is 12.1 Å². The Morgan fingerprint density at radius 3 is 2.60 bits per heavy atom. The number of rotatable bonds is 8.